The molecule has 25 heavy (non-hydrogen) atoms. The summed E-state index contributed by atoms with van der Waals surface area (Å²) in [6, 6.07) is 15.7. The van der Waals surface area contributed by atoms with E-state index in [4.69, 9.17) is 4.74 Å². The number of nitrogens with one attached hydrogen (secondary N) is 1. The molecule has 1 N–H and O–H groups in total. The van der Waals surface area contributed by atoms with Crippen molar-refractivity contribution in [2.45, 2.75) is 33.1 Å². The average Bonchev–Trinajstić information content (AvgIpc) is 2.60. The number of rotatable bonds is 8. The molecule has 0 saturated carbocycles. The Kier molecular flexibility index (Phi) is 6.81. The molecule has 0 aliphatic carbocycles. The van der Waals surface area contributed by atoms with Crippen molar-refractivity contribution in [1.82, 2.24) is 0 Å². The van der Waals surface area contributed by atoms with Crippen LogP contribution in [0.4, 0.5) is 5.69 Å². The second-order valence-electron chi connectivity index (χ2n) is 6.68. The largest absolute Gasteiger partial charge is 0.489 e. The summed E-state index contributed by atoms with van der Waals surface area (Å²) in [6.45, 7) is 10.4. The van der Waals surface area contributed by atoms with Crippen LogP contribution in [0.3, 0.4) is 0 Å². The van der Waals surface area contributed by atoms with Crippen molar-refractivity contribution in [3.05, 3.63) is 72.3 Å². The van der Waals surface area contributed by atoms with Gasteiger partial charge in [-0.15, -0.1) is 0 Å². The van der Waals surface area contributed by atoms with Crippen LogP contribution in [0.15, 0.2) is 61.2 Å². The highest BCUT2D eigenvalue weighted by atomic mass is 16.5. The summed E-state index contributed by atoms with van der Waals surface area (Å²) >= 11 is 0. The number of benzene rings is 2. The van der Waals surface area contributed by atoms with Gasteiger partial charge in [0.2, 0.25) is 5.91 Å². The zero-order chi connectivity index (χ0) is 18.2. The molecule has 0 radical (unpaired) electrons. The molecule has 3 nitrogen and oxygen atoms in total. The number of ether oxygens (including phenoxy) is 1. The molecule has 1 amide bonds. The fourth-order valence-corrected chi connectivity index (χ4v) is 2.63. The Hall–Kier alpha value is -2.55. The molecule has 2 aromatic carbocycles. The van der Waals surface area contributed by atoms with E-state index in [0.29, 0.717) is 18.3 Å². The predicted molar refractivity (Wildman–Crippen MR) is 104 cm³/mol. The summed E-state index contributed by atoms with van der Waals surface area (Å²) in [5, 5.41) is 2.96. The molecule has 0 aliphatic heterocycles. The summed E-state index contributed by atoms with van der Waals surface area (Å²) in [5.74, 6) is 1.09. The SMILES string of the molecule is C=CCOc1cccc(NC(=O)C(C)c2ccc(CC(C)C)cc2)c1. The predicted octanol–water partition coefficient (Wildman–Crippen LogP) is 5.19. The number of hydrogen-bond acceptors (Lipinski definition) is 2. The van der Waals surface area contributed by atoms with Gasteiger partial charge in [0, 0.05) is 11.8 Å². The summed E-state index contributed by atoms with van der Waals surface area (Å²) in [5.41, 5.74) is 3.05. The molecule has 3 heteroatoms. The lowest BCUT2D eigenvalue weighted by atomic mass is 9.96. The monoisotopic (exact) mass is 337 g/mol. The van der Waals surface area contributed by atoms with Crippen LogP contribution < -0.4 is 10.1 Å². The van der Waals surface area contributed by atoms with Gasteiger partial charge < -0.3 is 10.1 Å². The molecule has 2 aromatic rings. The van der Waals surface area contributed by atoms with Crippen LogP contribution >= 0.6 is 0 Å². The van der Waals surface area contributed by atoms with Gasteiger partial charge in [0.1, 0.15) is 12.4 Å². The van der Waals surface area contributed by atoms with Crippen molar-refractivity contribution < 1.29 is 9.53 Å². The van der Waals surface area contributed by atoms with Gasteiger partial charge in [-0.25, -0.2) is 0 Å². The number of hydrogen-bond donors (Lipinski definition) is 1. The Morgan fingerprint density at radius 2 is 1.88 bits per heavy atom. The minimum Gasteiger partial charge on any atom is -0.489 e. The minimum atomic E-state index is -0.217. The van der Waals surface area contributed by atoms with E-state index in [1.807, 2.05) is 43.3 Å². The topological polar surface area (TPSA) is 38.3 Å². The third-order valence-corrected chi connectivity index (χ3v) is 3.99. The molecule has 0 fully saturated rings. The van der Waals surface area contributed by atoms with Crippen molar-refractivity contribution in [3.63, 3.8) is 0 Å². The molecule has 0 spiro atoms. The molecule has 1 atom stereocenters. The maximum Gasteiger partial charge on any atom is 0.231 e. The molecule has 1 unspecified atom stereocenters. The minimum absolute atomic E-state index is 0.0301. The number of amides is 1. The van der Waals surface area contributed by atoms with Crippen molar-refractivity contribution in [2.24, 2.45) is 5.92 Å². The van der Waals surface area contributed by atoms with E-state index in [2.05, 4.69) is 37.9 Å². The molecule has 0 saturated heterocycles. The van der Waals surface area contributed by atoms with Gasteiger partial charge in [-0.3, -0.25) is 4.79 Å². The fraction of sp³-hybridized carbons (Fsp3) is 0.318. The normalized spacial score (nSPS) is 11.8. The Bertz CT molecular complexity index is 704. The smallest absolute Gasteiger partial charge is 0.231 e. The van der Waals surface area contributed by atoms with Crippen LogP contribution in [0.5, 0.6) is 5.75 Å². The van der Waals surface area contributed by atoms with Gasteiger partial charge in [-0.1, -0.05) is 56.8 Å². The van der Waals surface area contributed by atoms with Gasteiger partial charge >= 0.3 is 0 Å². The first-order valence-corrected chi connectivity index (χ1v) is 8.73. The van der Waals surface area contributed by atoms with E-state index in [0.717, 1.165) is 17.7 Å². The van der Waals surface area contributed by atoms with Gasteiger partial charge in [0.05, 0.1) is 5.92 Å². The van der Waals surface area contributed by atoms with Crippen LogP contribution in [-0.4, -0.2) is 12.5 Å². The Morgan fingerprint density at radius 3 is 2.52 bits per heavy atom. The lowest BCUT2D eigenvalue weighted by Crippen LogP contribution is -2.18. The number of anilines is 1. The molecular formula is C22H27NO2. The Balaban J connectivity index is 2.01. The van der Waals surface area contributed by atoms with Crippen LogP contribution in [-0.2, 0) is 11.2 Å². The summed E-state index contributed by atoms with van der Waals surface area (Å²) in [7, 11) is 0. The summed E-state index contributed by atoms with van der Waals surface area (Å²) in [6.07, 6.45) is 2.74. The first kappa shape index (κ1) is 18.8. The van der Waals surface area contributed by atoms with Gasteiger partial charge in [0.15, 0.2) is 0 Å². The van der Waals surface area contributed by atoms with Crippen LogP contribution in [0.2, 0.25) is 0 Å². The molecule has 2 rings (SSSR count). The van der Waals surface area contributed by atoms with Crippen LogP contribution in [0.1, 0.15) is 37.8 Å². The molecule has 0 heterocycles. The summed E-state index contributed by atoms with van der Waals surface area (Å²) in [4.78, 5) is 12.5. The highest BCUT2D eigenvalue weighted by Gasteiger charge is 2.15. The second-order valence-corrected chi connectivity index (χ2v) is 6.68. The van der Waals surface area contributed by atoms with E-state index in [1.54, 1.807) is 6.08 Å². The zero-order valence-electron chi connectivity index (χ0n) is 15.3. The van der Waals surface area contributed by atoms with E-state index >= 15 is 0 Å². The molecule has 132 valence electrons. The van der Waals surface area contributed by atoms with Crippen molar-refractivity contribution in [1.29, 1.82) is 0 Å². The van der Waals surface area contributed by atoms with Gasteiger partial charge in [-0.05, 0) is 42.5 Å². The fourth-order valence-electron chi connectivity index (χ4n) is 2.63. The second kappa shape index (κ2) is 9.07. The first-order valence-electron chi connectivity index (χ1n) is 8.73. The maximum absolute atomic E-state index is 12.5. The Morgan fingerprint density at radius 1 is 1.16 bits per heavy atom. The highest BCUT2D eigenvalue weighted by molar-refractivity contribution is 5.95. The standard InChI is InChI=1S/C22H27NO2/c1-5-13-25-21-8-6-7-20(15-21)23-22(24)17(4)19-11-9-18(10-12-19)14-16(2)3/h5-12,15-17H,1,13-14H2,2-4H3,(H,23,24). The first-order chi connectivity index (χ1) is 12.0. The molecular weight excluding hydrogens is 310 g/mol. The van der Waals surface area contributed by atoms with Crippen molar-refractivity contribution in [3.8, 4) is 5.75 Å². The third kappa shape index (κ3) is 5.79. The van der Waals surface area contributed by atoms with E-state index in [1.165, 1.54) is 5.56 Å². The quantitative estimate of drug-likeness (QED) is 0.673. The molecule has 0 aromatic heterocycles. The van der Waals surface area contributed by atoms with Gasteiger partial charge in [-0.2, -0.15) is 0 Å². The van der Waals surface area contributed by atoms with Crippen molar-refractivity contribution >= 4 is 11.6 Å². The number of carbonyl (C=O) groups is 1. The number of carbonyl (C=O) groups excluding carboxylic acids is 1. The van der Waals surface area contributed by atoms with Gasteiger partial charge in [0.25, 0.3) is 0 Å². The maximum atomic E-state index is 12.5. The molecule has 0 aliphatic rings. The zero-order valence-corrected chi connectivity index (χ0v) is 15.3. The average molecular weight is 337 g/mol. The lowest BCUT2D eigenvalue weighted by Gasteiger charge is -2.14. The highest BCUT2D eigenvalue weighted by Crippen LogP contribution is 2.22. The lowest BCUT2D eigenvalue weighted by molar-refractivity contribution is -0.117. The van der Waals surface area contributed by atoms with Crippen LogP contribution in [0.25, 0.3) is 0 Å². The van der Waals surface area contributed by atoms with E-state index in [9.17, 15) is 4.79 Å². The van der Waals surface area contributed by atoms with Crippen molar-refractivity contribution in [2.75, 3.05) is 11.9 Å². The van der Waals surface area contributed by atoms with E-state index in [-0.39, 0.29) is 11.8 Å². The van der Waals surface area contributed by atoms with Crippen LogP contribution in [0, 0.1) is 5.92 Å². The third-order valence-electron chi connectivity index (χ3n) is 3.99. The Labute approximate surface area is 150 Å². The van der Waals surface area contributed by atoms with E-state index < -0.39 is 0 Å². The summed E-state index contributed by atoms with van der Waals surface area (Å²) < 4.78 is 5.50. The molecule has 0 bridgehead atoms.